The number of rotatable bonds is 19. The maximum atomic E-state index is 12.5. The van der Waals surface area contributed by atoms with Crippen LogP contribution in [0, 0.1) is 20.8 Å². The summed E-state index contributed by atoms with van der Waals surface area (Å²) in [6, 6.07) is 74.5. The number of fused-ring (bicyclic) bond motifs is 8. The maximum Gasteiger partial charge on any atom is 0.308 e. The normalized spacial score (nSPS) is 13.3. The first-order valence-electron chi connectivity index (χ1n) is 43.6. The van der Waals surface area contributed by atoms with Crippen molar-refractivity contribution < 1.29 is 65.7 Å². The number of phenolic OH excluding ortho intramolecular Hbond substituents is 1. The number of aromatic nitrogens is 13. The van der Waals surface area contributed by atoms with Crippen LogP contribution in [0.3, 0.4) is 0 Å². The van der Waals surface area contributed by atoms with E-state index in [0.29, 0.717) is 91.4 Å². The van der Waals surface area contributed by atoms with E-state index in [2.05, 4.69) is 133 Å². The number of nitrogens with zero attached hydrogens (tertiary/aromatic N) is 14. The van der Waals surface area contributed by atoms with Gasteiger partial charge in [0.15, 0.2) is 38.2 Å². The molecule has 143 heavy (non-hydrogen) atoms. The number of carboxylic acids is 1. The molecule has 0 saturated carbocycles. The van der Waals surface area contributed by atoms with Gasteiger partial charge in [0.1, 0.15) is 52.0 Å². The van der Waals surface area contributed by atoms with Gasteiger partial charge in [0.25, 0.3) is 34.5 Å². The second-order valence-electron chi connectivity index (χ2n) is 31.4. The largest absolute Gasteiger partial charge is 0.508 e. The molecule has 0 saturated heterocycles. The number of carbonyl (C=O) groups excluding carboxylic acids is 4. The van der Waals surface area contributed by atoms with E-state index < -0.39 is 29.9 Å². The third-order valence-corrected chi connectivity index (χ3v) is 22.7. The van der Waals surface area contributed by atoms with Crippen molar-refractivity contribution in [2.45, 2.75) is 58.7 Å². The molecule has 720 valence electrons. The van der Waals surface area contributed by atoms with Gasteiger partial charge in [-0.05, 0) is 147 Å². The number of aryl methyl sites for hydroxylation is 4. The van der Waals surface area contributed by atoms with E-state index in [0.717, 1.165) is 81.3 Å². The smallest absolute Gasteiger partial charge is 0.308 e. The number of H-pyrrole nitrogens is 2. The Morgan fingerprint density at radius 1 is 0.462 bits per heavy atom. The third kappa shape index (κ3) is 24.9. The summed E-state index contributed by atoms with van der Waals surface area (Å²) in [6.45, 7) is 6.19. The lowest BCUT2D eigenvalue weighted by atomic mass is 10.1. The number of thiazole rings is 2. The van der Waals surface area contributed by atoms with Gasteiger partial charge in [-0.25, -0.2) is 34.9 Å². The van der Waals surface area contributed by atoms with Gasteiger partial charge in [-0.1, -0.05) is 144 Å². The lowest BCUT2D eigenvalue weighted by Gasteiger charge is -2.10. The summed E-state index contributed by atoms with van der Waals surface area (Å²) >= 11 is 3.06. The fourth-order valence-corrected chi connectivity index (χ4v) is 15.9. The summed E-state index contributed by atoms with van der Waals surface area (Å²) in [7, 11) is 4.68. The zero-order chi connectivity index (χ0) is 99.6. The average Bonchev–Trinajstić information content (AvgIpc) is 1.79. The number of aliphatic carboxylic acids is 1. The number of ether oxygens (including phenoxy) is 2. The standard InChI is InChI=1S/C19H16N4OS.C16H12N4OS.C15H14N2O2.C13H12N4O4.C13H12N4O3.C12H10N4O4.C10H8N4O2/c1-12-14(11-13-7-3-2-4-8-13)17(24)22-18(20-12)23-19-21-15-9-5-6-10-16(15)25-19;1-20-12-8-4-2-6-10(12)14(21)18-15(20)19-16-17-11-7-3-5-9-13(11)22-16;1-9-3-4-14-13(7-9)17-15(19-14)16-11-5-10(2)6-12(18)8-11;1-20-10(18)6-8-11(19)16-12(14-8)17-13-15-7-4-2-3-5-9(7)21-13;1-19-7-8-6-11(18)16-12(14-8)17-13-15-9-4-2-3-5-10(9)20-13;17-9(18)5-7-10(19)15-11(13-7)16-12-14-6-3-1-2-4-8(6)20-12;15-8-5-11-9(13-8)14-10-12-6-3-1-2-4-7(6)16-10/h2-10H,11H2,1H3,(H2,20,21,22,23,24);2-9H,1H3,(H,17,18,19,21);3-8,18H,1-2H3,(H,16,17);2-5,8H,6H2,1H3,(H2,14,15,16,17,19);2-6H,7H2,1H3,(H2,14,15,16,17,18);1-4,7H,5H2,(H,17,18)(H2,13,14,15,16,19);1-4H,5H2,(H2,11,12,13,14,15). The molecule has 3 aliphatic rings. The van der Waals surface area contributed by atoms with Crippen molar-refractivity contribution in [3.05, 3.63) is 307 Å². The van der Waals surface area contributed by atoms with E-state index in [4.69, 9.17) is 31.9 Å². The predicted octanol–water partition coefficient (Wildman–Crippen LogP) is 15.0. The van der Waals surface area contributed by atoms with Gasteiger partial charge < -0.3 is 62.3 Å². The van der Waals surface area contributed by atoms with E-state index >= 15 is 0 Å². The molecule has 43 nitrogen and oxygen atoms in total. The Balaban J connectivity index is 0.000000115. The molecular weight excluding hydrogens is 1880 g/mol. The molecule has 20 aromatic rings. The molecule has 0 radical (unpaired) electrons. The van der Waals surface area contributed by atoms with Gasteiger partial charge in [0.2, 0.25) is 41.6 Å². The summed E-state index contributed by atoms with van der Waals surface area (Å²) in [4.78, 5) is 152. The van der Waals surface area contributed by atoms with E-state index in [1.807, 2.05) is 227 Å². The van der Waals surface area contributed by atoms with Crippen molar-refractivity contribution in [3.63, 3.8) is 0 Å². The Morgan fingerprint density at radius 3 is 1.48 bits per heavy atom. The number of aromatic amines is 2. The second kappa shape index (κ2) is 44.0. The molecule has 2 unspecified atom stereocenters. The fourth-order valence-electron chi connectivity index (χ4n) is 14.2. The number of benzene rings is 10. The first-order chi connectivity index (χ1) is 69.3. The van der Waals surface area contributed by atoms with Gasteiger partial charge in [0, 0.05) is 44.0 Å². The molecule has 14 N–H and O–H groups in total. The number of aromatic hydroxyl groups is 1. The zero-order valence-corrected chi connectivity index (χ0v) is 78.0. The fraction of sp³-hybridized carbons (Fsp3) is 0.133. The van der Waals surface area contributed by atoms with Gasteiger partial charge in [0.05, 0.1) is 69.3 Å². The molecule has 2 atom stereocenters. The summed E-state index contributed by atoms with van der Waals surface area (Å²) in [6.07, 6.45) is 0.0993. The minimum absolute atomic E-state index is 0.110. The SMILES string of the molecule is COC(=O)CC1N=C(Nc2nc3ccccc3o2)NC1=O.COCc1cc(=O)[nH]c(Nc2nc3ccccc3o2)n1.Cc1cc(O)cc(Nc2nc3cc(C)ccc3o2)c1.Cc1nc(Nc2nc3ccccc3s2)[nH]c(=O)c1Cc1ccccc1.Cn1c(Nc2nc3ccccc3s2)nc(=O)c2ccccc21.O=C(O)CC1N=C(Nc2nc3ccccc3o2)NC1=O.O=C1CN=C(Nc2nc3ccccc3o2)N1. The van der Waals surface area contributed by atoms with Crippen LogP contribution in [-0.4, -0.2) is 155 Å². The number of carboxylic acid groups (broad SMARTS) is 1. The number of oxazole rings is 5. The minimum Gasteiger partial charge on any atom is -0.508 e. The molecule has 10 aromatic heterocycles. The number of anilines is 11. The first-order valence-corrected chi connectivity index (χ1v) is 45.3. The number of aliphatic imine (C=N–C) groups is 3. The van der Waals surface area contributed by atoms with E-state index in [9.17, 15) is 43.5 Å². The molecule has 45 heteroatoms. The summed E-state index contributed by atoms with van der Waals surface area (Å²) < 4.78 is 40.9. The number of nitrogens with one attached hydrogen (secondary N) is 12. The average molecular weight is 1960 g/mol. The van der Waals surface area contributed by atoms with E-state index in [-0.39, 0.29) is 96.1 Å². The summed E-state index contributed by atoms with van der Waals surface area (Å²) in [5, 5.41) is 48.2. The van der Waals surface area contributed by atoms with Crippen molar-refractivity contribution in [2.24, 2.45) is 22.0 Å². The van der Waals surface area contributed by atoms with Crippen molar-refractivity contribution in [3.8, 4) is 5.75 Å². The van der Waals surface area contributed by atoms with Crippen LogP contribution in [0.15, 0.2) is 294 Å². The van der Waals surface area contributed by atoms with Crippen molar-refractivity contribution in [1.82, 2.24) is 80.3 Å². The number of carbonyl (C=O) groups is 5. The Bertz CT molecular complexity index is 8210. The van der Waals surface area contributed by atoms with Crippen LogP contribution in [0.4, 0.5) is 63.9 Å². The number of esters is 1. The zero-order valence-electron chi connectivity index (χ0n) is 76.4. The topological polar surface area (TPSA) is 584 Å². The van der Waals surface area contributed by atoms with Crippen molar-refractivity contribution in [2.75, 3.05) is 58.0 Å². The quantitative estimate of drug-likeness (QED) is 0.0334. The minimum atomic E-state index is -1.09. The number of amides is 3. The molecule has 0 aliphatic carbocycles. The number of guanidine groups is 3. The number of phenols is 1. The highest BCUT2D eigenvalue weighted by Crippen LogP contribution is 2.32. The molecule has 0 bridgehead atoms. The maximum absolute atomic E-state index is 12.5. The van der Waals surface area contributed by atoms with Crippen molar-refractivity contribution >= 4 is 221 Å². The lowest BCUT2D eigenvalue weighted by Crippen LogP contribution is -2.33. The van der Waals surface area contributed by atoms with Crippen LogP contribution in [0.1, 0.15) is 46.5 Å². The predicted molar refractivity (Wildman–Crippen MR) is 540 cm³/mol. The number of hydrogen-bond donors (Lipinski definition) is 14. The van der Waals surface area contributed by atoms with Gasteiger partial charge in [-0.15, -0.1) is 0 Å². The first kappa shape index (κ1) is 95.7. The van der Waals surface area contributed by atoms with Gasteiger partial charge in [-0.2, -0.15) is 29.9 Å². The van der Waals surface area contributed by atoms with Gasteiger partial charge >= 0.3 is 36.0 Å². The van der Waals surface area contributed by atoms with Crippen molar-refractivity contribution in [1.29, 1.82) is 0 Å². The molecule has 13 heterocycles. The van der Waals surface area contributed by atoms with Crippen LogP contribution in [0.25, 0.3) is 86.8 Å². The Labute approximate surface area is 814 Å². The highest BCUT2D eigenvalue weighted by Gasteiger charge is 2.32. The number of para-hydroxylation sites is 11. The van der Waals surface area contributed by atoms with Crippen LogP contribution in [0.2, 0.25) is 0 Å². The third-order valence-electron chi connectivity index (χ3n) is 20.8. The molecule has 3 aliphatic heterocycles. The Kier molecular flexibility index (Phi) is 29.4. The van der Waals surface area contributed by atoms with Crippen LogP contribution >= 0.6 is 22.7 Å². The monoisotopic (exact) mass is 1960 g/mol. The summed E-state index contributed by atoms with van der Waals surface area (Å²) in [5.74, 6) is -0.487. The molecule has 0 fully saturated rings. The molecular formula is C98H84N26O17S2. The lowest BCUT2D eigenvalue weighted by molar-refractivity contribution is -0.142. The van der Waals surface area contributed by atoms with Crippen LogP contribution < -0.4 is 69.8 Å². The van der Waals surface area contributed by atoms with Crippen LogP contribution in [-0.2, 0) is 53.5 Å². The van der Waals surface area contributed by atoms with Crippen LogP contribution in [0.5, 0.6) is 5.75 Å². The number of methoxy groups -OCH3 is 2. The second-order valence-corrected chi connectivity index (χ2v) is 33.4. The number of hydrogen-bond acceptors (Lipinski definition) is 38. The highest BCUT2D eigenvalue weighted by atomic mass is 32.1. The van der Waals surface area contributed by atoms with E-state index in [1.54, 1.807) is 42.5 Å². The highest BCUT2D eigenvalue weighted by molar-refractivity contribution is 7.22. The Morgan fingerprint density at radius 2 is 0.951 bits per heavy atom. The molecule has 10 aromatic carbocycles. The molecule has 3 amide bonds. The van der Waals surface area contributed by atoms with E-state index in [1.165, 1.54) is 43.0 Å². The Hall–Kier alpha value is -19.1. The van der Waals surface area contributed by atoms with Gasteiger partial charge in [-0.3, -0.25) is 85.5 Å². The summed E-state index contributed by atoms with van der Waals surface area (Å²) in [5.41, 5.74) is 14.9. The molecule has 23 rings (SSSR count). The molecule has 0 spiro atoms.